The fraction of sp³-hybridized carbons (Fsp3) is 0.500. The third-order valence-corrected chi connectivity index (χ3v) is 4.97. The Labute approximate surface area is 104 Å². The van der Waals surface area contributed by atoms with Crippen LogP contribution in [0.4, 0.5) is 0 Å². The van der Waals surface area contributed by atoms with Gasteiger partial charge < -0.3 is 4.90 Å². The Morgan fingerprint density at radius 1 is 1.06 bits per heavy atom. The molecule has 0 unspecified atom stereocenters. The summed E-state index contributed by atoms with van der Waals surface area (Å²) in [4.78, 5) is 2.45. The van der Waals surface area contributed by atoms with E-state index < -0.39 is 0 Å². The molecule has 0 aromatic heterocycles. The quantitative estimate of drug-likeness (QED) is 0.656. The first kappa shape index (κ1) is 11.0. The van der Waals surface area contributed by atoms with Crippen LogP contribution in [0.1, 0.15) is 37.8 Å². The van der Waals surface area contributed by atoms with E-state index in [1.54, 1.807) is 11.1 Å². The van der Waals surface area contributed by atoms with E-state index in [9.17, 15) is 0 Å². The summed E-state index contributed by atoms with van der Waals surface area (Å²) >= 11 is 0. The summed E-state index contributed by atoms with van der Waals surface area (Å²) in [6.07, 6.45) is 2.56. The zero-order chi connectivity index (χ0) is 12.0. The molecular weight excluding hydrogens is 206 g/mol. The van der Waals surface area contributed by atoms with Crippen molar-refractivity contribution >= 4 is 5.57 Å². The number of nitrogens with zero attached hydrogens (tertiary/aromatic N) is 1. The second-order valence-electron chi connectivity index (χ2n) is 5.68. The van der Waals surface area contributed by atoms with E-state index in [0.29, 0.717) is 5.41 Å². The normalized spacial score (nSPS) is 23.2. The number of fused-ring (bicyclic) bond motifs is 2. The van der Waals surface area contributed by atoms with Gasteiger partial charge in [-0.05, 0) is 63.5 Å². The molecule has 0 atom stereocenters. The Bertz CT molecular complexity index is 476. The molecule has 90 valence electrons. The zero-order valence-corrected chi connectivity index (χ0v) is 11.1. The maximum atomic E-state index is 2.45. The lowest BCUT2D eigenvalue weighted by Gasteiger charge is -2.40. The van der Waals surface area contributed by atoms with Gasteiger partial charge in [0.05, 0.1) is 0 Å². The van der Waals surface area contributed by atoms with Gasteiger partial charge in [-0.2, -0.15) is 0 Å². The molecule has 17 heavy (non-hydrogen) atoms. The van der Waals surface area contributed by atoms with Gasteiger partial charge in [-0.3, -0.25) is 0 Å². The smallest absolute Gasteiger partial charge is 0.0195 e. The van der Waals surface area contributed by atoms with Gasteiger partial charge in [0.2, 0.25) is 0 Å². The third-order valence-electron chi connectivity index (χ3n) is 4.97. The zero-order valence-electron chi connectivity index (χ0n) is 11.1. The van der Waals surface area contributed by atoms with Crippen LogP contribution in [0.15, 0.2) is 29.8 Å². The van der Waals surface area contributed by atoms with Gasteiger partial charge in [0.15, 0.2) is 0 Å². The van der Waals surface area contributed by atoms with Crippen LogP contribution in [-0.4, -0.2) is 25.0 Å². The minimum absolute atomic E-state index is 0.354. The summed E-state index contributed by atoms with van der Waals surface area (Å²) < 4.78 is 0. The van der Waals surface area contributed by atoms with Crippen molar-refractivity contribution in [3.05, 3.63) is 41.0 Å². The number of hydrogen-bond acceptors (Lipinski definition) is 1. The molecule has 1 fully saturated rings. The van der Waals surface area contributed by atoms with Crippen molar-refractivity contribution in [2.24, 2.45) is 0 Å². The van der Waals surface area contributed by atoms with Crippen molar-refractivity contribution in [2.75, 3.05) is 20.1 Å². The van der Waals surface area contributed by atoms with Gasteiger partial charge in [0, 0.05) is 5.41 Å². The highest BCUT2D eigenvalue weighted by Gasteiger charge is 2.42. The monoisotopic (exact) mass is 227 g/mol. The second kappa shape index (κ2) is 3.71. The highest BCUT2D eigenvalue weighted by molar-refractivity contribution is 5.78. The number of benzene rings is 1. The molecule has 2 aliphatic rings. The molecule has 1 nitrogen and oxygen atoms in total. The van der Waals surface area contributed by atoms with Crippen molar-refractivity contribution in [3.63, 3.8) is 0 Å². The molecule has 3 rings (SSSR count). The molecule has 1 heteroatoms. The molecular formula is C16H21N. The molecule has 1 heterocycles. The first-order valence-corrected chi connectivity index (χ1v) is 6.61. The van der Waals surface area contributed by atoms with Crippen molar-refractivity contribution in [3.8, 4) is 0 Å². The Balaban J connectivity index is 2.12. The van der Waals surface area contributed by atoms with Gasteiger partial charge in [-0.15, -0.1) is 0 Å². The van der Waals surface area contributed by atoms with Crippen LogP contribution >= 0.6 is 0 Å². The highest BCUT2D eigenvalue weighted by atomic mass is 15.1. The van der Waals surface area contributed by atoms with E-state index in [-0.39, 0.29) is 0 Å². The third kappa shape index (κ3) is 1.42. The summed E-state index contributed by atoms with van der Waals surface area (Å²) in [7, 11) is 2.24. The van der Waals surface area contributed by atoms with E-state index in [2.05, 4.69) is 50.1 Å². The van der Waals surface area contributed by atoms with Crippen molar-refractivity contribution in [1.29, 1.82) is 0 Å². The highest BCUT2D eigenvalue weighted by Crippen LogP contribution is 2.51. The molecule has 1 aliphatic carbocycles. The van der Waals surface area contributed by atoms with Crippen LogP contribution in [0.3, 0.4) is 0 Å². The fourth-order valence-electron chi connectivity index (χ4n) is 3.63. The SMILES string of the molecule is CC1=C(C)C2(CCN(C)CC2)c2ccccc21. The van der Waals surface area contributed by atoms with Gasteiger partial charge in [0.25, 0.3) is 0 Å². The van der Waals surface area contributed by atoms with E-state index in [4.69, 9.17) is 0 Å². The molecule has 1 aromatic rings. The summed E-state index contributed by atoms with van der Waals surface area (Å²) in [5, 5.41) is 0. The topological polar surface area (TPSA) is 3.24 Å². The first-order valence-electron chi connectivity index (χ1n) is 6.61. The fourth-order valence-corrected chi connectivity index (χ4v) is 3.63. The maximum Gasteiger partial charge on any atom is 0.0195 e. The van der Waals surface area contributed by atoms with Crippen LogP contribution in [0, 0.1) is 0 Å². The standard InChI is InChI=1S/C16H21N/c1-12-13(2)16(8-10-17(3)11-9-16)15-7-5-4-6-14(12)15/h4-7H,8-11H2,1-3H3. The number of piperidine rings is 1. The molecule has 0 radical (unpaired) electrons. The van der Waals surface area contributed by atoms with E-state index in [1.807, 2.05) is 0 Å². The molecule has 1 aromatic carbocycles. The lowest BCUT2D eigenvalue weighted by Crippen LogP contribution is -2.40. The van der Waals surface area contributed by atoms with Gasteiger partial charge in [-0.1, -0.05) is 29.8 Å². The molecule has 0 amide bonds. The summed E-state index contributed by atoms with van der Waals surface area (Å²) in [5.41, 5.74) is 6.57. The summed E-state index contributed by atoms with van der Waals surface area (Å²) in [5.74, 6) is 0. The van der Waals surface area contributed by atoms with Crippen molar-refractivity contribution < 1.29 is 0 Å². The van der Waals surface area contributed by atoms with Crippen LogP contribution in [0.25, 0.3) is 5.57 Å². The summed E-state index contributed by atoms with van der Waals surface area (Å²) in [6.45, 7) is 7.08. The van der Waals surface area contributed by atoms with E-state index in [0.717, 1.165) is 0 Å². The maximum absolute atomic E-state index is 2.45. The average molecular weight is 227 g/mol. The van der Waals surface area contributed by atoms with Crippen LogP contribution < -0.4 is 0 Å². The van der Waals surface area contributed by atoms with E-state index in [1.165, 1.54) is 37.1 Å². The number of hydrogen-bond donors (Lipinski definition) is 0. The predicted octanol–water partition coefficient (Wildman–Crippen LogP) is 3.46. The van der Waals surface area contributed by atoms with Gasteiger partial charge >= 0.3 is 0 Å². The average Bonchev–Trinajstić information content (AvgIpc) is 2.57. The van der Waals surface area contributed by atoms with Crippen LogP contribution in [0.2, 0.25) is 0 Å². The Hall–Kier alpha value is -1.08. The van der Waals surface area contributed by atoms with Crippen LogP contribution in [-0.2, 0) is 5.41 Å². The summed E-state index contributed by atoms with van der Waals surface area (Å²) in [6, 6.07) is 9.01. The molecule has 1 aliphatic heterocycles. The van der Waals surface area contributed by atoms with Crippen LogP contribution in [0.5, 0.6) is 0 Å². The predicted molar refractivity (Wildman–Crippen MR) is 73.1 cm³/mol. The number of likely N-dealkylation sites (tertiary alicyclic amines) is 1. The van der Waals surface area contributed by atoms with Gasteiger partial charge in [-0.25, -0.2) is 0 Å². The van der Waals surface area contributed by atoms with Crippen molar-refractivity contribution in [2.45, 2.75) is 32.1 Å². The lowest BCUT2D eigenvalue weighted by molar-refractivity contribution is 0.212. The molecule has 0 bridgehead atoms. The number of rotatable bonds is 0. The first-order chi connectivity index (χ1) is 8.15. The molecule has 1 saturated heterocycles. The molecule has 0 saturated carbocycles. The Morgan fingerprint density at radius 2 is 1.71 bits per heavy atom. The minimum Gasteiger partial charge on any atom is -0.306 e. The van der Waals surface area contributed by atoms with E-state index >= 15 is 0 Å². The molecule has 1 spiro atoms. The minimum atomic E-state index is 0.354. The Kier molecular flexibility index (Phi) is 2.41. The lowest BCUT2D eigenvalue weighted by atomic mass is 9.70. The second-order valence-corrected chi connectivity index (χ2v) is 5.68. The Morgan fingerprint density at radius 3 is 2.41 bits per heavy atom. The van der Waals surface area contributed by atoms with Crippen molar-refractivity contribution in [1.82, 2.24) is 4.90 Å². The largest absolute Gasteiger partial charge is 0.306 e. The number of allylic oxidation sites excluding steroid dienone is 2. The molecule has 0 N–H and O–H groups in total. The van der Waals surface area contributed by atoms with Gasteiger partial charge in [0.1, 0.15) is 0 Å².